The van der Waals surface area contributed by atoms with Gasteiger partial charge in [-0.2, -0.15) is 0 Å². The van der Waals surface area contributed by atoms with Crippen LogP contribution in [0.5, 0.6) is 0 Å². The average molecular weight is 357 g/mol. The summed E-state index contributed by atoms with van der Waals surface area (Å²) in [4.78, 5) is 19.0. The Bertz CT molecular complexity index is 768. The van der Waals surface area contributed by atoms with E-state index in [1.807, 2.05) is 19.9 Å². The van der Waals surface area contributed by atoms with E-state index in [9.17, 15) is 4.79 Å². The molecule has 1 saturated carbocycles. The lowest BCUT2D eigenvalue weighted by atomic mass is 9.67. The number of aryl methyl sites for hydroxylation is 2. The van der Waals surface area contributed by atoms with Gasteiger partial charge in [0.1, 0.15) is 10.7 Å². The average Bonchev–Trinajstić information content (AvgIpc) is 3.16. The van der Waals surface area contributed by atoms with Gasteiger partial charge in [-0.3, -0.25) is 9.78 Å². The van der Waals surface area contributed by atoms with Gasteiger partial charge in [-0.1, -0.05) is 23.8 Å². The van der Waals surface area contributed by atoms with E-state index in [0.717, 1.165) is 28.7 Å². The molecule has 1 unspecified atom stereocenters. The number of pyridine rings is 1. The molecule has 25 heavy (non-hydrogen) atoms. The van der Waals surface area contributed by atoms with Crippen LogP contribution in [0.3, 0.4) is 0 Å². The highest BCUT2D eigenvalue weighted by molar-refractivity contribution is 7.15. The van der Waals surface area contributed by atoms with E-state index < -0.39 is 0 Å². The van der Waals surface area contributed by atoms with E-state index in [2.05, 4.69) is 25.4 Å². The molecule has 1 aliphatic carbocycles. The Labute approximate surface area is 151 Å². The van der Waals surface area contributed by atoms with Gasteiger partial charge >= 0.3 is 0 Å². The van der Waals surface area contributed by atoms with Gasteiger partial charge in [0.15, 0.2) is 0 Å². The van der Waals surface area contributed by atoms with Crippen LogP contribution < -0.4 is 10.2 Å². The summed E-state index contributed by atoms with van der Waals surface area (Å²) in [5, 5.41) is 13.5. The minimum atomic E-state index is -0.108. The highest BCUT2D eigenvalue weighted by Gasteiger charge is 2.48. The number of rotatable bonds is 4. The Kier molecular flexibility index (Phi) is 4.19. The molecular formula is C18H23N5OS. The molecule has 3 heterocycles. The van der Waals surface area contributed by atoms with Gasteiger partial charge in [-0.25, -0.2) is 0 Å². The van der Waals surface area contributed by atoms with Crippen LogP contribution >= 0.6 is 11.3 Å². The topological polar surface area (TPSA) is 71.0 Å². The normalized spacial score (nSPS) is 21.4. The lowest BCUT2D eigenvalue weighted by molar-refractivity contribution is 0.0943. The van der Waals surface area contributed by atoms with Crippen molar-refractivity contribution in [3.63, 3.8) is 0 Å². The van der Waals surface area contributed by atoms with Gasteiger partial charge in [0.05, 0.1) is 0 Å². The Morgan fingerprint density at radius 3 is 2.80 bits per heavy atom. The second kappa shape index (κ2) is 6.37. The molecule has 2 fully saturated rings. The molecule has 2 aliphatic rings. The first-order valence-corrected chi connectivity index (χ1v) is 9.64. The van der Waals surface area contributed by atoms with Crippen LogP contribution in [0.2, 0.25) is 0 Å². The lowest BCUT2D eigenvalue weighted by Gasteiger charge is -2.37. The van der Waals surface area contributed by atoms with Crippen LogP contribution in [0.15, 0.2) is 18.3 Å². The molecule has 132 valence electrons. The molecule has 1 N–H and O–H groups in total. The molecule has 2 aromatic rings. The Morgan fingerprint density at radius 2 is 2.20 bits per heavy atom. The first-order chi connectivity index (χ1) is 12.0. The summed E-state index contributed by atoms with van der Waals surface area (Å²) >= 11 is 1.63. The predicted octanol–water partition coefficient (Wildman–Crippen LogP) is 2.73. The molecule has 4 rings (SSSR count). The van der Waals surface area contributed by atoms with Crippen LogP contribution in [-0.2, 0) is 0 Å². The van der Waals surface area contributed by atoms with Crippen molar-refractivity contribution in [2.24, 2.45) is 5.41 Å². The fourth-order valence-corrected chi connectivity index (χ4v) is 4.67. The standard InChI is InChI=1S/C18H23N5OS/c1-12-4-5-15(19-9-12)16(24)20-10-14-8-18(6-3-7-18)11-23(14)17-22-21-13(2)25-17/h4-5,9,14H,3,6-8,10-11H2,1-2H3,(H,20,24). The van der Waals surface area contributed by atoms with Gasteiger partial charge < -0.3 is 10.2 Å². The van der Waals surface area contributed by atoms with Crippen molar-refractivity contribution >= 4 is 22.4 Å². The minimum absolute atomic E-state index is 0.108. The second-order valence-corrected chi connectivity index (χ2v) is 8.53. The van der Waals surface area contributed by atoms with Crippen molar-refractivity contribution in [3.8, 4) is 0 Å². The third-order valence-electron chi connectivity index (χ3n) is 5.43. The molecule has 1 aliphatic heterocycles. The maximum Gasteiger partial charge on any atom is 0.269 e. The summed E-state index contributed by atoms with van der Waals surface area (Å²) in [7, 11) is 0. The quantitative estimate of drug-likeness (QED) is 0.911. The Morgan fingerprint density at radius 1 is 1.36 bits per heavy atom. The monoisotopic (exact) mass is 357 g/mol. The molecule has 1 amide bonds. The summed E-state index contributed by atoms with van der Waals surface area (Å²) in [6.45, 7) is 5.60. The van der Waals surface area contributed by atoms with E-state index in [0.29, 0.717) is 17.7 Å². The number of nitrogens with zero attached hydrogens (tertiary/aromatic N) is 4. The van der Waals surface area contributed by atoms with Crippen LogP contribution in [-0.4, -0.2) is 40.2 Å². The van der Waals surface area contributed by atoms with Crippen LogP contribution in [0.1, 0.15) is 46.7 Å². The molecule has 0 aromatic carbocycles. The second-order valence-electron chi connectivity index (χ2n) is 7.37. The summed E-state index contributed by atoms with van der Waals surface area (Å²) in [5.74, 6) is -0.108. The first-order valence-electron chi connectivity index (χ1n) is 8.82. The number of carbonyl (C=O) groups is 1. The van der Waals surface area contributed by atoms with Gasteiger partial charge in [0, 0.05) is 25.3 Å². The molecule has 0 bridgehead atoms. The third-order valence-corrected chi connectivity index (χ3v) is 6.31. The predicted molar refractivity (Wildman–Crippen MR) is 98.0 cm³/mol. The zero-order valence-electron chi connectivity index (χ0n) is 14.7. The van der Waals surface area contributed by atoms with E-state index in [-0.39, 0.29) is 11.9 Å². The summed E-state index contributed by atoms with van der Waals surface area (Å²) in [6.07, 6.45) is 6.73. The van der Waals surface area contributed by atoms with Crippen molar-refractivity contribution in [1.29, 1.82) is 0 Å². The molecular weight excluding hydrogens is 334 g/mol. The fourth-order valence-electron chi connectivity index (χ4n) is 3.92. The lowest BCUT2D eigenvalue weighted by Crippen LogP contribution is -2.40. The molecule has 1 saturated heterocycles. The number of nitrogens with one attached hydrogen (secondary N) is 1. The molecule has 1 atom stereocenters. The van der Waals surface area contributed by atoms with Crippen molar-refractivity contribution in [2.45, 2.75) is 45.6 Å². The third kappa shape index (κ3) is 3.25. The van der Waals surface area contributed by atoms with Crippen LogP contribution in [0.4, 0.5) is 5.13 Å². The highest BCUT2D eigenvalue weighted by atomic mass is 32.1. The Hall–Kier alpha value is -2.02. The van der Waals surface area contributed by atoms with Gasteiger partial charge in [-0.15, -0.1) is 10.2 Å². The fraction of sp³-hybridized carbons (Fsp3) is 0.556. The summed E-state index contributed by atoms with van der Waals surface area (Å²) in [6, 6.07) is 3.97. The van der Waals surface area contributed by atoms with E-state index in [1.54, 1.807) is 23.6 Å². The number of amides is 1. The van der Waals surface area contributed by atoms with E-state index in [1.165, 1.54) is 19.3 Å². The number of anilines is 1. The van der Waals surface area contributed by atoms with Crippen molar-refractivity contribution in [3.05, 3.63) is 34.6 Å². The number of hydrogen-bond acceptors (Lipinski definition) is 6. The number of aromatic nitrogens is 3. The number of hydrogen-bond donors (Lipinski definition) is 1. The smallest absolute Gasteiger partial charge is 0.269 e. The number of carbonyl (C=O) groups excluding carboxylic acids is 1. The van der Waals surface area contributed by atoms with Crippen molar-refractivity contribution < 1.29 is 4.79 Å². The van der Waals surface area contributed by atoms with Crippen LogP contribution in [0.25, 0.3) is 0 Å². The highest BCUT2D eigenvalue weighted by Crippen LogP contribution is 2.51. The Balaban J connectivity index is 1.45. The van der Waals surface area contributed by atoms with E-state index >= 15 is 0 Å². The SMILES string of the molecule is Cc1ccc(C(=O)NCC2CC3(CCC3)CN2c2nnc(C)s2)nc1. The van der Waals surface area contributed by atoms with Gasteiger partial charge in [0.25, 0.3) is 5.91 Å². The van der Waals surface area contributed by atoms with Crippen molar-refractivity contribution in [1.82, 2.24) is 20.5 Å². The zero-order valence-corrected chi connectivity index (χ0v) is 15.5. The first kappa shape index (κ1) is 16.4. The summed E-state index contributed by atoms with van der Waals surface area (Å²) in [5.41, 5.74) is 1.94. The molecule has 2 aromatic heterocycles. The maximum absolute atomic E-state index is 12.4. The molecule has 6 nitrogen and oxygen atoms in total. The zero-order chi connectivity index (χ0) is 17.4. The maximum atomic E-state index is 12.4. The van der Waals surface area contributed by atoms with Gasteiger partial charge in [0.2, 0.25) is 5.13 Å². The van der Waals surface area contributed by atoms with Crippen LogP contribution in [0, 0.1) is 19.3 Å². The molecule has 7 heteroatoms. The summed E-state index contributed by atoms with van der Waals surface area (Å²) < 4.78 is 0. The minimum Gasteiger partial charge on any atom is -0.349 e. The molecule has 0 radical (unpaired) electrons. The van der Waals surface area contributed by atoms with Crippen molar-refractivity contribution in [2.75, 3.05) is 18.0 Å². The molecule has 1 spiro atoms. The largest absolute Gasteiger partial charge is 0.349 e. The van der Waals surface area contributed by atoms with E-state index in [4.69, 9.17) is 0 Å². The van der Waals surface area contributed by atoms with Gasteiger partial charge in [-0.05, 0) is 50.2 Å².